The third-order valence-corrected chi connectivity index (χ3v) is 2.80. The van der Waals surface area contributed by atoms with Crippen molar-refractivity contribution in [3.05, 3.63) is 58.0 Å². The van der Waals surface area contributed by atoms with Gasteiger partial charge in [-0.3, -0.25) is 14.7 Å². The fraction of sp³-hybridized carbons (Fsp3) is 0.357. The maximum absolute atomic E-state index is 11.5. The molecule has 0 aliphatic heterocycles. The Hall–Kier alpha value is -2.01. The quantitative estimate of drug-likeness (QED) is 0.879. The van der Waals surface area contributed by atoms with Crippen molar-refractivity contribution in [3.8, 4) is 0 Å². The molecule has 0 saturated carbocycles. The van der Waals surface area contributed by atoms with Crippen LogP contribution < -0.4 is 5.56 Å². The molecule has 0 saturated heterocycles. The predicted molar refractivity (Wildman–Crippen MR) is 73.6 cm³/mol. The number of nitrogens with zero attached hydrogens (tertiary/aromatic N) is 3. The van der Waals surface area contributed by atoms with Crippen LogP contribution in [0.15, 0.2) is 35.4 Å². The average molecular weight is 258 g/mol. The molecule has 19 heavy (non-hydrogen) atoms. The summed E-state index contributed by atoms with van der Waals surface area (Å²) in [6.45, 7) is 3.37. The second kappa shape index (κ2) is 6.24. The van der Waals surface area contributed by atoms with Crippen LogP contribution in [0.3, 0.4) is 0 Å². The first-order valence-corrected chi connectivity index (χ1v) is 6.34. The van der Waals surface area contributed by atoms with Crippen molar-refractivity contribution in [2.24, 2.45) is 0 Å². The summed E-state index contributed by atoms with van der Waals surface area (Å²) in [5, 5.41) is 0. The zero-order valence-electron chi connectivity index (χ0n) is 11.3. The van der Waals surface area contributed by atoms with Crippen molar-refractivity contribution in [2.45, 2.75) is 26.4 Å². The molecule has 0 aliphatic carbocycles. The molecule has 0 unspecified atom stereocenters. The highest BCUT2D eigenvalue weighted by Crippen LogP contribution is 2.04. The second-order valence-electron chi connectivity index (χ2n) is 4.57. The third-order valence-electron chi connectivity index (χ3n) is 2.80. The van der Waals surface area contributed by atoms with Gasteiger partial charge in [0.2, 0.25) is 0 Å². The number of pyridine rings is 1. The van der Waals surface area contributed by atoms with Gasteiger partial charge in [-0.15, -0.1) is 0 Å². The first-order chi connectivity index (χ1) is 9.17. The van der Waals surface area contributed by atoms with Gasteiger partial charge in [0, 0.05) is 30.7 Å². The van der Waals surface area contributed by atoms with Gasteiger partial charge in [-0.05, 0) is 25.1 Å². The molecule has 0 atom stereocenters. The summed E-state index contributed by atoms with van der Waals surface area (Å²) >= 11 is 0. The van der Waals surface area contributed by atoms with Gasteiger partial charge < -0.3 is 4.98 Å². The van der Waals surface area contributed by atoms with Gasteiger partial charge in [0.1, 0.15) is 5.82 Å². The summed E-state index contributed by atoms with van der Waals surface area (Å²) < 4.78 is 0. The number of rotatable bonds is 5. The van der Waals surface area contributed by atoms with E-state index in [0.717, 1.165) is 24.2 Å². The summed E-state index contributed by atoms with van der Waals surface area (Å²) in [4.78, 5) is 24.9. The third kappa shape index (κ3) is 3.99. The van der Waals surface area contributed by atoms with Crippen LogP contribution >= 0.6 is 0 Å². The molecule has 0 aromatic carbocycles. The summed E-state index contributed by atoms with van der Waals surface area (Å²) in [5.74, 6) is 0.704. The first kappa shape index (κ1) is 13.4. The molecule has 0 aliphatic rings. The molecule has 0 spiro atoms. The zero-order chi connectivity index (χ0) is 13.7. The highest BCUT2D eigenvalue weighted by Gasteiger charge is 2.05. The smallest absolute Gasteiger partial charge is 0.251 e. The Morgan fingerprint density at radius 2 is 2.21 bits per heavy atom. The number of hydrogen-bond acceptors (Lipinski definition) is 4. The van der Waals surface area contributed by atoms with Crippen LogP contribution in [0.4, 0.5) is 0 Å². The van der Waals surface area contributed by atoms with Gasteiger partial charge in [0.15, 0.2) is 0 Å². The zero-order valence-corrected chi connectivity index (χ0v) is 11.3. The fourth-order valence-electron chi connectivity index (χ4n) is 1.93. The highest BCUT2D eigenvalue weighted by molar-refractivity contribution is 5.08. The number of hydrogen-bond donors (Lipinski definition) is 1. The standard InChI is InChI=1S/C14H18N4O/c1-3-12-7-14(19)17-13(16-12)10-18(2)9-11-5-4-6-15-8-11/h4-8H,3,9-10H2,1-2H3,(H,16,17,19). The molecule has 2 heterocycles. The SMILES string of the molecule is CCc1cc(=O)[nH]c(CN(C)Cc2cccnc2)n1. The molecule has 2 rings (SSSR count). The van der Waals surface area contributed by atoms with Crippen LogP contribution in [0.25, 0.3) is 0 Å². The Bertz CT molecular complexity index is 579. The number of aromatic nitrogens is 3. The van der Waals surface area contributed by atoms with Crippen molar-refractivity contribution < 1.29 is 0 Å². The summed E-state index contributed by atoms with van der Waals surface area (Å²) in [5.41, 5.74) is 1.88. The van der Waals surface area contributed by atoms with E-state index in [1.165, 1.54) is 0 Å². The lowest BCUT2D eigenvalue weighted by molar-refractivity contribution is 0.309. The maximum Gasteiger partial charge on any atom is 0.251 e. The summed E-state index contributed by atoms with van der Waals surface area (Å²) in [6, 6.07) is 5.49. The Morgan fingerprint density at radius 3 is 2.89 bits per heavy atom. The van der Waals surface area contributed by atoms with Crippen LogP contribution in [-0.2, 0) is 19.5 Å². The minimum absolute atomic E-state index is 0.0865. The number of nitrogens with one attached hydrogen (secondary N) is 1. The lowest BCUT2D eigenvalue weighted by Gasteiger charge is -2.16. The van der Waals surface area contributed by atoms with Gasteiger partial charge >= 0.3 is 0 Å². The molecule has 0 fully saturated rings. The van der Waals surface area contributed by atoms with Crippen LogP contribution in [0.1, 0.15) is 24.0 Å². The summed E-state index contributed by atoms with van der Waals surface area (Å²) in [7, 11) is 1.99. The van der Waals surface area contributed by atoms with Crippen molar-refractivity contribution in [1.82, 2.24) is 19.9 Å². The van der Waals surface area contributed by atoms with E-state index in [1.807, 2.05) is 32.3 Å². The van der Waals surface area contributed by atoms with E-state index in [2.05, 4.69) is 19.9 Å². The van der Waals surface area contributed by atoms with E-state index in [0.29, 0.717) is 12.4 Å². The van der Waals surface area contributed by atoms with E-state index in [-0.39, 0.29) is 5.56 Å². The van der Waals surface area contributed by atoms with Crippen LogP contribution in [0.5, 0.6) is 0 Å². The molecule has 0 bridgehead atoms. The monoisotopic (exact) mass is 258 g/mol. The maximum atomic E-state index is 11.5. The first-order valence-electron chi connectivity index (χ1n) is 6.34. The molecule has 1 N–H and O–H groups in total. The molecule has 5 heteroatoms. The van der Waals surface area contributed by atoms with Gasteiger partial charge in [0.25, 0.3) is 5.56 Å². The molecule has 2 aromatic rings. The minimum Gasteiger partial charge on any atom is -0.309 e. The van der Waals surface area contributed by atoms with Gasteiger partial charge in [-0.1, -0.05) is 13.0 Å². The van der Waals surface area contributed by atoms with Crippen molar-refractivity contribution in [1.29, 1.82) is 0 Å². The number of aromatic amines is 1. The summed E-state index contributed by atoms with van der Waals surface area (Å²) in [6.07, 6.45) is 4.37. The highest BCUT2D eigenvalue weighted by atomic mass is 16.1. The molecule has 0 radical (unpaired) electrons. The molecular weight excluding hydrogens is 240 g/mol. The van der Waals surface area contributed by atoms with Crippen LogP contribution in [0.2, 0.25) is 0 Å². The Balaban J connectivity index is 2.04. The van der Waals surface area contributed by atoms with Crippen molar-refractivity contribution in [2.75, 3.05) is 7.05 Å². The van der Waals surface area contributed by atoms with E-state index in [4.69, 9.17) is 0 Å². The van der Waals surface area contributed by atoms with Gasteiger partial charge in [0.05, 0.1) is 6.54 Å². The van der Waals surface area contributed by atoms with Gasteiger partial charge in [-0.25, -0.2) is 4.98 Å². The Morgan fingerprint density at radius 1 is 1.37 bits per heavy atom. The van der Waals surface area contributed by atoms with Crippen LogP contribution in [-0.4, -0.2) is 26.9 Å². The molecule has 5 nitrogen and oxygen atoms in total. The van der Waals surface area contributed by atoms with Crippen LogP contribution in [0, 0.1) is 0 Å². The molecular formula is C14H18N4O. The normalized spacial score (nSPS) is 10.9. The number of H-pyrrole nitrogens is 1. The van der Waals surface area contributed by atoms with Gasteiger partial charge in [-0.2, -0.15) is 0 Å². The minimum atomic E-state index is -0.0865. The van der Waals surface area contributed by atoms with Crippen molar-refractivity contribution >= 4 is 0 Å². The lowest BCUT2D eigenvalue weighted by Crippen LogP contribution is -2.22. The van der Waals surface area contributed by atoms with E-state index in [1.54, 1.807) is 12.3 Å². The Kier molecular flexibility index (Phi) is 4.41. The molecule has 2 aromatic heterocycles. The van der Waals surface area contributed by atoms with Crippen molar-refractivity contribution in [3.63, 3.8) is 0 Å². The average Bonchev–Trinajstić information content (AvgIpc) is 2.38. The Labute approximate surface area is 112 Å². The van der Waals surface area contributed by atoms with E-state index in [9.17, 15) is 4.79 Å². The molecule has 100 valence electrons. The van der Waals surface area contributed by atoms with E-state index >= 15 is 0 Å². The molecule has 0 amide bonds. The second-order valence-corrected chi connectivity index (χ2v) is 4.57. The largest absolute Gasteiger partial charge is 0.309 e. The predicted octanol–water partition coefficient (Wildman–Crippen LogP) is 1.36. The lowest BCUT2D eigenvalue weighted by atomic mass is 10.2. The number of aryl methyl sites for hydroxylation is 1. The fourth-order valence-corrected chi connectivity index (χ4v) is 1.93. The topological polar surface area (TPSA) is 61.9 Å². The van der Waals surface area contributed by atoms with E-state index < -0.39 is 0 Å².